The van der Waals surface area contributed by atoms with Gasteiger partial charge in [-0.15, -0.1) is 0 Å². The third-order valence-corrected chi connectivity index (χ3v) is 6.58. The molecule has 1 atom stereocenters. The van der Waals surface area contributed by atoms with Crippen molar-refractivity contribution in [3.05, 3.63) is 53.4 Å². The average molecular weight is 435 g/mol. The summed E-state index contributed by atoms with van der Waals surface area (Å²) in [5, 5.41) is 0. The van der Waals surface area contributed by atoms with E-state index in [2.05, 4.69) is 42.7 Å². The topological polar surface area (TPSA) is 58.6 Å². The number of ether oxygens (including phenoxy) is 1. The Morgan fingerprint density at radius 2 is 1.91 bits per heavy atom. The first kappa shape index (κ1) is 22.3. The van der Waals surface area contributed by atoms with E-state index in [1.807, 2.05) is 24.4 Å². The van der Waals surface area contributed by atoms with E-state index in [0.717, 1.165) is 60.8 Å². The fourth-order valence-corrected chi connectivity index (χ4v) is 4.67. The van der Waals surface area contributed by atoms with E-state index in [-0.39, 0.29) is 12.0 Å². The van der Waals surface area contributed by atoms with E-state index in [1.54, 1.807) is 0 Å². The summed E-state index contributed by atoms with van der Waals surface area (Å²) in [6.07, 6.45) is 6.83. The highest BCUT2D eigenvalue weighted by atomic mass is 16.5. The number of carbonyl (C=O) groups is 1. The van der Waals surface area contributed by atoms with E-state index in [1.165, 1.54) is 13.5 Å². The van der Waals surface area contributed by atoms with Gasteiger partial charge in [0.2, 0.25) is 0 Å². The molecule has 0 radical (unpaired) electrons. The first-order chi connectivity index (χ1) is 15.5. The van der Waals surface area contributed by atoms with Crippen LogP contribution >= 0.6 is 0 Å². The van der Waals surface area contributed by atoms with Crippen LogP contribution in [0.2, 0.25) is 0 Å². The molecule has 2 aliphatic rings. The zero-order valence-corrected chi connectivity index (χ0v) is 19.7. The molecule has 2 aliphatic heterocycles. The number of fused-ring (bicyclic) bond motifs is 1. The molecule has 4 rings (SSSR count). The first-order valence-electron chi connectivity index (χ1n) is 11.7. The molecule has 1 aromatic carbocycles. The van der Waals surface area contributed by atoms with E-state index in [4.69, 9.17) is 14.7 Å². The van der Waals surface area contributed by atoms with Crippen molar-refractivity contribution in [3.63, 3.8) is 0 Å². The van der Waals surface area contributed by atoms with Crippen LogP contribution in [-0.4, -0.2) is 53.1 Å². The van der Waals surface area contributed by atoms with Gasteiger partial charge in [-0.25, -0.2) is 14.8 Å². The number of hydrogen-bond donors (Lipinski definition) is 0. The minimum atomic E-state index is -0.284. The largest absolute Gasteiger partial charge is 0.466 e. The van der Waals surface area contributed by atoms with Crippen molar-refractivity contribution in [2.45, 2.75) is 65.0 Å². The van der Waals surface area contributed by atoms with Crippen LogP contribution in [0.15, 0.2) is 42.1 Å². The monoisotopic (exact) mass is 434 g/mol. The second-order valence-electron chi connectivity index (χ2n) is 9.10. The smallest absolute Gasteiger partial charge is 0.335 e. The molecule has 0 aliphatic carbocycles. The SMILES string of the molecule is COC(=O)C1=CN(C(C)C)CCc2nc(-c3ccccc3)nc(N3CCCCC3C)c2C1. The Hall–Kier alpha value is -2.89. The Bertz CT molecular complexity index is 987. The second-order valence-corrected chi connectivity index (χ2v) is 9.10. The zero-order valence-electron chi connectivity index (χ0n) is 19.7. The standard InChI is InChI=1S/C26H34N4O2/c1-18(2)29-15-13-23-22(16-21(17-29)26(31)32-4)25(30-14-9-8-10-19(30)3)28-24(27-23)20-11-6-5-7-12-20/h5-7,11-12,17-19H,8-10,13-16H2,1-4H3. The number of carbonyl (C=O) groups excluding carboxylic acids is 1. The maximum atomic E-state index is 12.7. The van der Waals surface area contributed by atoms with Crippen LogP contribution < -0.4 is 4.90 Å². The Balaban J connectivity index is 1.87. The predicted molar refractivity (Wildman–Crippen MR) is 127 cm³/mol. The van der Waals surface area contributed by atoms with Gasteiger partial charge in [-0.1, -0.05) is 30.3 Å². The average Bonchev–Trinajstić information content (AvgIpc) is 2.79. The Morgan fingerprint density at radius 3 is 2.59 bits per heavy atom. The van der Waals surface area contributed by atoms with E-state index in [9.17, 15) is 4.79 Å². The van der Waals surface area contributed by atoms with E-state index >= 15 is 0 Å². The molecule has 2 aromatic rings. The molecule has 6 nitrogen and oxygen atoms in total. The molecule has 1 aromatic heterocycles. The minimum Gasteiger partial charge on any atom is -0.466 e. The Labute approximate surface area is 191 Å². The van der Waals surface area contributed by atoms with Gasteiger partial charge < -0.3 is 14.5 Å². The van der Waals surface area contributed by atoms with Gasteiger partial charge in [0.25, 0.3) is 0 Å². The van der Waals surface area contributed by atoms with Crippen LogP contribution in [0.1, 0.15) is 51.3 Å². The lowest BCUT2D eigenvalue weighted by Crippen LogP contribution is -2.39. The van der Waals surface area contributed by atoms with E-state index in [0.29, 0.717) is 18.0 Å². The highest BCUT2D eigenvalue weighted by Gasteiger charge is 2.29. The lowest BCUT2D eigenvalue weighted by molar-refractivity contribution is -0.136. The summed E-state index contributed by atoms with van der Waals surface area (Å²) in [5.74, 6) is 1.46. The molecule has 0 saturated carbocycles. The first-order valence-corrected chi connectivity index (χ1v) is 11.7. The number of aromatic nitrogens is 2. The summed E-state index contributed by atoms with van der Waals surface area (Å²) in [5.41, 5.74) is 3.78. The van der Waals surface area contributed by atoms with Crippen molar-refractivity contribution in [3.8, 4) is 11.4 Å². The predicted octanol–water partition coefficient (Wildman–Crippen LogP) is 4.39. The molecule has 0 amide bonds. The highest BCUT2D eigenvalue weighted by Crippen LogP contribution is 2.33. The Kier molecular flexibility index (Phi) is 6.77. The lowest BCUT2D eigenvalue weighted by Gasteiger charge is -2.37. The summed E-state index contributed by atoms with van der Waals surface area (Å²) < 4.78 is 5.14. The van der Waals surface area contributed by atoms with Crippen molar-refractivity contribution < 1.29 is 9.53 Å². The summed E-state index contributed by atoms with van der Waals surface area (Å²) >= 11 is 0. The zero-order chi connectivity index (χ0) is 22.7. The molecule has 0 spiro atoms. The van der Waals surface area contributed by atoms with Gasteiger partial charge in [0, 0.05) is 55.3 Å². The van der Waals surface area contributed by atoms with Gasteiger partial charge in [0.15, 0.2) is 5.82 Å². The number of piperidine rings is 1. The van der Waals surface area contributed by atoms with E-state index < -0.39 is 0 Å². The van der Waals surface area contributed by atoms with Crippen LogP contribution in [0.25, 0.3) is 11.4 Å². The van der Waals surface area contributed by atoms with Crippen molar-refractivity contribution >= 4 is 11.8 Å². The fourth-order valence-electron chi connectivity index (χ4n) is 4.67. The molecule has 1 saturated heterocycles. The number of benzene rings is 1. The number of hydrogen-bond acceptors (Lipinski definition) is 6. The minimum absolute atomic E-state index is 0.284. The van der Waals surface area contributed by atoms with Crippen molar-refractivity contribution in [1.82, 2.24) is 14.9 Å². The molecule has 1 fully saturated rings. The molecule has 170 valence electrons. The number of nitrogens with zero attached hydrogens (tertiary/aromatic N) is 4. The molecule has 6 heteroatoms. The molecule has 3 heterocycles. The third kappa shape index (κ3) is 4.64. The van der Waals surface area contributed by atoms with Gasteiger partial charge in [-0.3, -0.25) is 0 Å². The van der Waals surface area contributed by atoms with Crippen LogP contribution in [0, 0.1) is 0 Å². The molecule has 0 bridgehead atoms. The van der Waals surface area contributed by atoms with Crippen LogP contribution in [-0.2, 0) is 22.4 Å². The van der Waals surface area contributed by atoms with Crippen molar-refractivity contribution in [2.75, 3.05) is 25.1 Å². The van der Waals surface area contributed by atoms with Gasteiger partial charge in [-0.2, -0.15) is 0 Å². The highest BCUT2D eigenvalue weighted by molar-refractivity contribution is 5.89. The van der Waals surface area contributed by atoms with Crippen molar-refractivity contribution in [1.29, 1.82) is 0 Å². The second kappa shape index (κ2) is 9.72. The number of esters is 1. The normalized spacial score (nSPS) is 19.2. The lowest BCUT2D eigenvalue weighted by atomic mass is 9.97. The van der Waals surface area contributed by atoms with Crippen LogP contribution in [0.3, 0.4) is 0 Å². The maximum Gasteiger partial charge on any atom is 0.335 e. The summed E-state index contributed by atoms with van der Waals surface area (Å²) in [4.78, 5) is 27.4. The van der Waals surface area contributed by atoms with Gasteiger partial charge >= 0.3 is 5.97 Å². The summed E-state index contributed by atoms with van der Waals surface area (Å²) in [6, 6.07) is 10.9. The van der Waals surface area contributed by atoms with Gasteiger partial charge in [0.1, 0.15) is 5.82 Å². The van der Waals surface area contributed by atoms with Gasteiger partial charge in [0.05, 0.1) is 18.4 Å². The molecule has 1 unspecified atom stereocenters. The summed E-state index contributed by atoms with van der Waals surface area (Å²) in [7, 11) is 1.45. The quantitative estimate of drug-likeness (QED) is 0.666. The summed E-state index contributed by atoms with van der Waals surface area (Å²) in [6.45, 7) is 8.34. The molecule has 0 N–H and O–H groups in total. The van der Waals surface area contributed by atoms with Crippen LogP contribution in [0.5, 0.6) is 0 Å². The number of methoxy groups -OCH3 is 1. The molecule has 32 heavy (non-hydrogen) atoms. The molecular weight excluding hydrogens is 400 g/mol. The van der Waals surface area contributed by atoms with Gasteiger partial charge in [-0.05, 0) is 40.0 Å². The van der Waals surface area contributed by atoms with Crippen molar-refractivity contribution in [2.24, 2.45) is 0 Å². The van der Waals surface area contributed by atoms with Crippen LogP contribution in [0.4, 0.5) is 5.82 Å². The third-order valence-electron chi connectivity index (χ3n) is 6.58. The molecular formula is C26H34N4O2. The number of anilines is 1. The fraction of sp³-hybridized carbons (Fsp3) is 0.500. The Morgan fingerprint density at radius 1 is 1.12 bits per heavy atom. The number of rotatable bonds is 4. The maximum absolute atomic E-state index is 12.7.